The summed E-state index contributed by atoms with van der Waals surface area (Å²) >= 11 is 1.27. The smallest absolute Gasteiger partial charge is 0.262 e. The van der Waals surface area contributed by atoms with Gasteiger partial charge in [-0.2, -0.15) is 5.26 Å². The molecule has 2 aromatic rings. The lowest BCUT2D eigenvalue weighted by molar-refractivity contribution is -0.131. The lowest BCUT2D eigenvalue weighted by atomic mass is 9.81. The summed E-state index contributed by atoms with van der Waals surface area (Å²) in [5.41, 5.74) is -0.164. The van der Waals surface area contributed by atoms with Crippen molar-refractivity contribution in [2.45, 2.75) is 62.7 Å². The minimum atomic E-state index is -0.704. The van der Waals surface area contributed by atoms with E-state index >= 15 is 0 Å². The molecule has 1 amide bonds. The Morgan fingerprint density at radius 1 is 1.32 bits per heavy atom. The molecule has 0 spiro atoms. The number of nitriles is 1. The number of hydrogen-bond donors (Lipinski definition) is 0. The molecule has 0 bridgehead atoms. The van der Waals surface area contributed by atoms with Gasteiger partial charge in [0, 0.05) is 13.1 Å². The highest BCUT2D eigenvalue weighted by molar-refractivity contribution is 7.99. The topological polar surface area (TPSA) is 79.0 Å². The Labute approximate surface area is 169 Å². The van der Waals surface area contributed by atoms with E-state index in [2.05, 4.69) is 11.1 Å². The highest BCUT2D eigenvalue weighted by atomic mass is 32.2. The summed E-state index contributed by atoms with van der Waals surface area (Å²) in [6.45, 7) is 3.87. The molecule has 1 heterocycles. The molecule has 7 heteroatoms. The molecule has 6 nitrogen and oxygen atoms in total. The normalized spacial score (nSPS) is 16.1. The van der Waals surface area contributed by atoms with Crippen molar-refractivity contribution in [3.63, 3.8) is 0 Å². The molecular weight excluding hydrogens is 372 g/mol. The minimum Gasteiger partial charge on any atom is -0.326 e. The average Bonchev–Trinajstić information content (AvgIpc) is 2.71. The van der Waals surface area contributed by atoms with E-state index in [0.29, 0.717) is 16.1 Å². The van der Waals surface area contributed by atoms with Crippen LogP contribution in [-0.2, 0) is 4.79 Å². The maximum absolute atomic E-state index is 12.9. The van der Waals surface area contributed by atoms with Crippen molar-refractivity contribution < 1.29 is 4.79 Å². The number of hydrogen-bond acceptors (Lipinski definition) is 5. The van der Waals surface area contributed by atoms with Gasteiger partial charge in [0.2, 0.25) is 5.91 Å². The quantitative estimate of drug-likeness (QED) is 0.566. The second kappa shape index (κ2) is 8.36. The first kappa shape index (κ1) is 20.4. The lowest BCUT2D eigenvalue weighted by Crippen LogP contribution is -2.50. The Morgan fingerprint density at radius 3 is 2.64 bits per heavy atom. The summed E-state index contributed by atoms with van der Waals surface area (Å²) in [4.78, 5) is 32.0. The molecule has 0 N–H and O–H groups in total. The third-order valence-corrected chi connectivity index (χ3v) is 6.46. The molecule has 3 rings (SSSR count). The van der Waals surface area contributed by atoms with Gasteiger partial charge in [0.15, 0.2) is 5.16 Å². The van der Waals surface area contributed by atoms with Gasteiger partial charge in [-0.1, -0.05) is 43.2 Å². The molecule has 1 aliphatic carbocycles. The predicted molar refractivity (Wildman–Crippen MR) is 111 cm³/mol. The molecule has 0 radical (unpaired) electrons. The first-order valence-electron chi connectivity index (χ1n) is 9.71. The molecule has 1 aromatic carbocycles. The molecule has 1 aromatic heterocycles. The van der Waals surface area contributed by atoms with Gasteiger partial charge in [0.1, 0.15) is 5.54 Å². The molecule has 28 heavy (non-hydrogen) atoms. The summed E-state index contributed by atoms with van der Waals surface area (Å²) in [5, 5.41) is 10.8. The SMILES string of the molecule is CC(C)n1c(SCC(=O)N(C)C2(C#N)CCCCC2)nc2ccccc2c1=O. The van der Waals surface area contributed by atoms with Crippen LogP contribution in [0.15, 0.2) is 34.2 Å². The Balaban J connectivity index is 1.85. The summed E-state index contributed by atoms with van der Waals surface area (Å²) in [6.07, 6.45) is 4.50. The number of fused-ring (bicyclic) bond motifs is 1. The third kappa shape index (κ3) is 3.79. The van der Waals surface area contributed by atoms with Crippen LogP contribution in [0.25, 0.3) is 10.9 Å². The number of rotatable bonds is 5. The van der Waals surface area contributed by atoms with E-state index in [4.69, 9.17) is 0 Å². The first-order valence-corrected chi connectivity index (χ1v) is 10.7. The van der Waals surface area contributed by atoms with E-state index in [1.54, 1.807) is 22.6 Å². The Bertz CT molecular complexity index is 971. The van der Waals surface area contributed by atoms with Gasteiger partial charge in [-0.3, -0.25) is 14.2 Å². The Kier molecular flexibility index (Phi) is 6.09. The van der Waals surface area contributed by atoms with Crippen molar-refractivity contribution in [2.75, 3.05) is 12.8 Å². The van der Waals surface area contributed by atoms with Crippen LogP contribution in [-0.4, -0.2) is 38.7 Å². The molecule has 1 fully saturated rings. The molecule has 0 unspecified atom stereocenters. The fourth-order valence-electron chi connectivity index (χ4n) is 3.80. The van der Waals surface area contributed by atoms with Crippen LogP contribution in [0.2, 0.25) is 0 Å². The highest BCUT2D eigenvalue weighted by Gasteiger charge is 2.38. The Hall–Kier alpha value is -2.33. The van der Waals surface area contributed by atoms with Crippen LogP contribution in [0.3, 0.4) is 0 Å². The number of benzene rings is 1. The van der Waals surface area contributed by atoms with Gasteiger partial charge in [0.05, 0.1) is 22.7 Å². The minimum absolute atomic E-state index is 0.0660. The number of nitrogens with zero attached hydrogens (tertiary/aromatic N) is 4. The largest absolute Gasteiger partial charge is 0.326 e. The second-order valence-electron chi connectivity index (χ2n) is 7.63. The zero-order chi connectivity index (χ0) is 20.3. The molecule has 0 atom stereocenters. The molecular formula is C21H26N4O2S. The van der Waals surface area contributed by atoms with Crippen molar-refractivity contribution >= 4 is 28.6 Å². The highest BCUT2D eigenvalue weighted by Crippen LogP contribution is 2.33. The van der Waals surface area contributed by atoms with Gasteiger partial charge < -0.3 is 4.90 Å². The van der Waals surface area contributed by atoms with Crippen LogP contribution >= 0.6 is 11.8 Å². The van der Waals surface area contributed by atoms with E-state index in [1.807, 2.05) is 32.0 Å². The van der Waals surface area contributed by atoms with Crippen molar-refractivity contribution in [3.8, 4) is 6.07 Å². The Morgan fingerprint density at radius 2 is 2.00 bits per heavy atom. The average molecular weight is 399 g/mol. The van der Waals surface area contributed by atoms with E-state index in [1.165, 1.54) is 11.8 Å². The van der Waals surface area contributed by atoms with Crippen molar-refractivity contribution in [2.24, 2.45) is 0 Å². The number of thioether (sulfide) groups is 1. The van der Waals surface area contributed by atoms with E-state index in [-0.39, 0.29) is 23.3 Å². The molecule has 0 aliphatic heterocycles. The van der Waals surface area contributed by atoms with Crippen LogP contribution in [0, 0.1) is 11.3 Å². The summed E-state index contributed by atoms with van der Waals surface area (Å²) in [7, 11) is 1.72. The lowest BCUT2D eigenvalue weighted by Gasteiger charge is -2.39. The maximum Gasteiger partial charge on any atom is 0.262 e. The van der Waals surface area contributed by atoms with Gasteiger partial charge in [-0.05, 0) is 38.8 Å². The van der Waals surface area contributed by atoms with E-state index < -0.39 is 5.54 Å². The number of aromatic nitrogens is 2. The van der Waals surface area contributed by atoms with Crippen molar-refractivity contribution in [1.29, 1.82) is 5.26 Å². The number of amides is 1. The van der Waals surface area contributed by atoms with E-state index in [0.717, 1.165) is 32.1 Å². The molecule has 1 aliphatic rings. The molecule has 0 saturated heterocycles. The van der Waals surface area contributed by atoms with Crippen LogP contribution < -0.4 is 5.56 Å². The van der Waals surface area contributed by atoms with Gasteiger partial charge in [0.25, 0.3) is 5.56 Å². The standard InChI is InChI=1S/C21H26N4O2S/c1-15(2)25-19(27)16-9-5-6-10-17(16)23-20(25)28-13-18(26)24(3)21(14-22)11-7-4-8-12-21/h5-6,9-10,15H,4,7-8,11-13H2,1-3H3. The molecule has 1 saturated carbocycles. The summed E-state index contributed by atoms with van der Waals surface area (Å²) in [6, 6.07) is 9.58. The monoisotopic (exact) mass is 398 g/mol. The summed E-state index contributed by atoms with van der Waals surface area (Å²) in [5.74, 6) is 0.0448. The maximum atomic E-state index is 12.9. The second-order valence-corrected chi connectivity index (χ2v) is 8.57. The van der Waals surface area contributed by atoms with E-state index in [9.17, 15) is 14.9 Å². The van der Waals surface area contributed by atoms with Crippen molar-refractivity contribution in [1.82, 2.24) is 14.5 Å². The number of carbonyl (C=O) groups excluding carboxylic acids is 1. The fourth-order valence-corrected chi connectivity index (χ4v) is 4.85. The summed E-state index contributed by atoms with van der Waals surface area (Å²) < 4.78 is 1.64. The van der Waals surface area contributed by atoms with Crippen LogP contribution in [0.5, 0.6) is 0 Å². The molecule has 148 valence electrons. The number of carbonyl (C=O) groups is 1. The zero-order valence-corrected chi connectivity index (χ0v) is 17.5. The predicted octanol–water partition coefficient (Wildman–Crippen LogP) is 3.75. The van der Waals surface area contributed by atoms with Gasteiger partial charge in [-0.15, -0.1) is 0 Å². The van der Waals surface area contributed by atoms with Gasteiger partial charge >= 0.3 is 0 Å². The van der Waals surface area contributed by atoms with Crippen molar-refractivity contribution in [3.05, 3.63) is 34.6 Å². The third-order valence-electron chi connectivity index (χ3n) is 5.52. The van der Waals surface area contributed by atoms with Crippen LogP contribution in [0.4, 0.5) is 0 Å². The first-order chi connectivity index (χ1) is 13.4. The fraction of sp³-hybridized carbons (Fsp3) is 0.524. The van der Waals surface area contributed by atoms with Gasteiger partial charge in [-0.25, -0.2) is 4.98 Å². The number of para-hydroxylation sites is 1. The van der Waals surface area contributed by atoms with Crippen LogP contribution in [0.1, 0.15) is 52.0 Å². The zero-order valence-electron chi connectivity index (χ0n) is 16.6.